The first-order valence-corrected chi connectivity index (χ1v) is 19.6. The Morgan fingerprint density at radius 1 is 0.667 bits per heavy atom. The number of fused-ring (bicyclic) bond motifs is 6. The molecule has 272 valence electrons. The second kappa shape index (κ2) is 14.1. The number of para-hydroxylation sites is 3. The zero-order valence-corrected chi connectivity index (χ0v) is 31.7. The Kier molecular flexibility index (Phi) is 8.42. The van der Waals surface area contributed by atoms with Gasteiger partial charge in [-0.05, 0) is 89.9 Å². The highest BCUT2D eigenvalue weighted by Crippen LogP contribution is 2.42. The van der Waals surface area contributed by atoms with Gasteiger partial charge in [0.1, 0.15) is 0 Å². The van der Waals surface area contributed by atoms with Gasteiger partial charge in [-0.15, -0.1) is 0 Å². The summed E-state index contributed by atoms with van der Waals surface area (Å²) in [6, 6.07) is 52.1. The van der Waals surface area contributed by atoms with E-state index < -0.39 is 0 Å². The van der Waals surface area contributed by atoms with Crippen molar-refractivity contribution in [2.45, 2.75) is 12.3 Å². The summed E-state index contributed by atoms with van der Waals surface area (Å²) in [5.41, 5.74) is 12.8. The van der Waals surface area contributed by atoms with Crippen molar-refractivity contribution in [3.8, 4) is 16.8 Å². The van der Waals surface area contributed by atoms with E-state index in [9.17, 15) is 0 Å². The summed E-state index contributed by atoms with van der Waals surface area (Å²) >= 11 is 0. The fraction of sp³-hybridized carbons (Fsp3) is 0.0370. The molecule has 0 spiro atoms. The predicted octanol–water partition coefficient (Wildman–Crippen LogP) is 12.6. The van der Waals surface area contributed by atoms with E-state index in [-0.39, 0.29) is 5.92 Å². The van der Waals surface area contributed by atoms with Crippen molar-refractivity contribution in [2.24, 2.45) is 0 Å². The van der Waals surface area contributed by atoms with Gasteiger partial charge in [-0.2, -0.15) is 0 Å². The van der Waals surface area contributed by atoms with Crippen LogP contribution in [0.2, 0.25) is 0 Å². The lowest BCUT2D eigenvalue weighted by molar-refractivity contribution is 0.850. The Hall–Kier alpha value is -7.36. The van der Waals surface area contributed by atoms with Crippen LogP contribution < -0.4 is 15.5 Å². The molecule has 3 heterocycles. The highest BCUT2D eigenvalue weighted by Gasteiger charge is 2.24. The van der Waals surface area contributed by atoms with Crippen LogP contribution in [0.25, 0.3) is 73.6 Å². The molecule has 0 saturated carbocycles. The van der Waals surface area contributed by atoms with Gasteiger partial charge in [0.05, 0.1) is 22.2 Å². The average molecular weight is 732 g/mol. The van der Waals surface area contributed by atoms with Crippen LogP contribution in [0.5, 0.6) is 0 Å². The Morgan fingerprint density at radius 2 is 1.33 bits per heavy atom. The minimum atomic E-state index is 0.210. The largest absolute Gasteiger partial charge is 0.310 e. The van der Waals surface area contributed by atoms with Crippen LogP contribution in [0, 0.1) is 0 Å². The number of aromatic nitrogens is 2. The summed E-state index contributed by atoms with van der Waals surface area (Å²) in [6.07, 6.45) is 18.2. The van der Waals surface area contributed by atoms with Gasteiger partial charge in [0, 0.05) is 60.8 Å². The molecule has 57 heavy (non-hydrogen) atoms. The van der Waals surface area contributed by atoms with Crippen LogP contribution in [-0.2, 0) is 0 Å². The van der Waals surface area contributed by atoms with Gasteiger partial charge in [0.25, 0.3) is 0 Å². The molecule has 0 fully saturated rings. The Bertz CT molecular complexity index is 3190. The number of benzene rings is 6. The molecule has 9 aromatic rings. The Balaban J connectivity index is 1.13. The first kappa shape index (κ1) is 34.2. The fourth-order valence-corrected chi connectivity index (χ4v) is 8.99. The zero-order chi connectivity index (χ0) is 38.5. The van der Waals surface area contributed by atoms with E-state index in [0.29, 0.717) is 0 Å². The van der Waals surface area contributed by atoms with Crippen LogP contribution >= 0.6 is 0 Å². The molecule has 3 aromatic heterocycles. The van der Waals surface area contributed by atoms with Crippen LogP contribution in [0.3, 0.4) is 0 Å². The van der Waals surface area contributed by atoms with E-state index in [1.54, 1.807) is 0 Å². The second-order valence-corrected chi connectivity index (χ2v) is 14.7. The molecule has 3 heteroatoms. The number of nitrogens with zero attached hydrogens (tertiary/aromatic N) is 3. The normalized spacial score (nSPS) is 14.7. The number of anilines is 2. The number of rotatable bonds is 9. The lowest BCUT2D eigenvalue weighted by Gasteiger charge is -2.27. The second-order valence-electron chi connectivity index (χ2n) is 14.7. The molecule has 0 radical (unpaired) electrons. The maximum atomic E-state index is 4.57. The molecular weight excluding hydrogens is 691 g/mol. The summed E-state index contributed by atoms with van der Waals surface area (Å²) in [5.74, 6) is 0.210. The molecule has 0 bridgehead atoms. The number of allylic oxidation sites excluding steroid dienone is 6. The lowest BCUT2D eigenvalue weighted by atomic mass is 9.88. The quantitative estimate of drug-likeness (QED) is 0.135. The molecule has 1 atom stereocenters. The predicted molar refractivity (Wildman–Crippen MR) is 244 cm³/mol. The molecule has 6 aromatic carbocycles. The van der Waals surface area contributed by atoms with Gasteiger partial charge in [0.15, 0.2) is 0 Å². The first-order chi connectivity index (χ1) is 28.1. The maximum absolute atomic E-state index is 4.57. The molecule has 0 amide bonds. The summed E-state index contributed by atoms with van der Waals surface area (Å²) < 4.78 is 4.70. The van der Waals surface area contributed by atoms with Crippen molar-refractivity contribution in [3.63, 3.8) is 0 Å². The molecule has 0 N–H and O–H groups in total. The van der Waals surface area contributed by atoms with Crippen LogP contribution in [0.1, 0.15) is 23.6 Å². The highest BCUT2D eigenvalue weighted by atomic mass is 15.1. The molecule has 10 rings (SSSR count). The van der Waals surface area contributed by atoms with Crippen LogP contribution in [0.4, 0.5) is 11.4 Å². The maximum Gasteiger partial charge on any atom is 0.0621 e. The van der Waals surface area contributed by atoms with Crippen molar-refractivity contribution in [1.82, 2.24) is 8.97 Å². The van der Waals surface area contributed by atoms with Gasteiger partial charge in [-0.25, -0.2) is 0 Å². The number of hydrogen-bond donors (Lipinski definition) is 0. The van der Waals surface area contributed by atoms with Crippen molar-refractivity contribution in [3.05, 3.63) is 223 Å². The topological polar surface area (TPSA) is 12.6 Å². The third-order valence-electron chi connectivity index (χ3n) is 11.5. The minimum Gasteiger partial charge on any atom is -0.310 e. The molecule has 0 aliphatic heterocycles. The lowest BCUT2D eigenvalue weighted by Crippen LogP contribution is -2.23. The SMILES string of the molecule is C=C/C=c1\c(=C)n2c3ccccc3c3cc(N(/C(C=C)=C/C=C/C4CC=Cc5c4c4ccccc4n5-c4ccccc4)c4ccc(-c5ccccc5)cc4)cc1c32. The van der Waals surface area contributed by atoms with E-state index in [2.05, 4.69) is 216 Å². The van der Waals surface area contributed by atoms with E-state index in [1.807, 2.05) is 12.2 Å². The standard InChI is InChI=1S/C54H41N3/c1-4-18-45-37(3)55-50-28-14-12-26-46(50)49-36-44(35-48(45)54(49)55)56(43-33-31-39(32-34-43)38-19-8-6-9-20-38)41(5-2)25-16-21-40-22-17-30-52-53(40)47-27-13-15-29-51(47)57(52)42-23-10-7-11-24-42/h4-21,23-36,40H,1-3,22H2/b21-16+,41-25+,45-18+. The van der Waals surface area contributed by atoms with E-state index in [1.165, 1.54) is 55.3 Å². The molecular formula is C54H41N3. The van der Waals surface area contributed by atoms with Crippen LogP contribution in [0.15, 0.2) is 201 Å². The van der Waals surface area contributed by atoms with E-state index in [0.717, 1.165) is 45.0 Å². The van der Waals surface area contributed by atoms with Gasteiger partial charge >= 0.3 is 0 Å². The highest BCUT2D eigenvalue weighted by molar-refractivity contribution is 6.16. The molecule has 3 nitrogen and oxygen atoms in total. The van der Waals surface area contributed by atoms with Crippen LogP contribution in [-0.4, -0.2) is 8.97 Å². The monoisotopic (exact) mass is 731 g/mol. The fourth-order valence-electron chi connectivity index (χ4n) is 8.99. The van der Waals surface area contributed by atoms with E-state index in [4.69, 9.17) is 0 Å². The first-order valence-electron chi connectivity index (χ1n) is 19.6. The zero-order valence-electron chi connectivity index (χ0n) is 31.7. The van der Waals surface area contributed by atoms with Gasteiger partial charge in [-0.3, -0.25) is 0 Å². The Labute approximate surface area is 332 Å². The van der Waals surface area contributed by atoms with E-state index >= 15 is 0 Å². The van der Waals surface area contributed by atoms with Gasteiger partial charge in [-0.1, -0.05) is 147 Å². The summed E-state index contributed by atoms with van der Waals surface area (Å²) in [5, 5.41) is 6.87. The third kappa shape index (κ3) is 5.58. The molecule has 1 aliphatic carbocycles. The smallest absolute Gasteiger partial charge is 0.0621 e. The van der Waals surface area contributed by atoms with Gasteiger partial charge < -0.3 is 13.9 Å². The van der Waals surface area contributed by atoms with Crippen molar-refractivity contribution in [2.75, 3.05) is 4.90 Å². The van der Waals surface area contributed by atoms with Crippen molar-refractivity contribution >= 4 is 68.2 Å². The number of hydrogen-bond acceptors (Lipinski definition) is 1. The van der Waals surface area contributed by atoms with Crippen molar-refractivity contribution in [1.29, 1.82) is 0 Å². The molecule has 1 aliphatic rings. The molecule has 0 saturated heterocycles. The summed E-state index contributed by atoms with van der Waals surface area (Å²) in [7, 11) is 0. The molecule has 1 unspecified atom stereocenters. The van der Waals surface area contributed by atoms with Crippen molar-refractivity contribution < 1.29 is 0 Å². The summed E-state index contributed by atoms with van der Waals surface area (Å²) in [6.45, 7) is 13.0. The average Bonchev–Trinajstić information content (AvgIpc) is 3.88. The summed E-state index contributed by atoms with van der Waals surface area (Å²) in [4.78, 5) is 2.33. The minimum absolute atomic E-state index is 0.210. The Morgan fingerprint density at radius 3 is 2.09 bits per heavy atom. The van der Waals surface area contributed by atoms with Gasteiger partial charge in [0.2, 0.25) is 0 Å². The third-order valence-corrected chi connectivity index (χ3v) is 11.5.